The first-order chi connectivity index (χ1) is 9.51. The Morgan fingerprint density at radius 2 is 2.05 bits per heavy atom. The van der Waals surface area contributed by atoms with Crippen LogP contribution in [0.1, 0.15) is 50.6 Å². The first-order valence-electron chi connectivity index (χ1n) is 7.12. The van der Waals surface area contributed by atoms with Gasteiger partial charge in [0.05, 0.1) is 6.61 Å². The molecule has 5 heteroatoms. The number of ether oxygens (including phenoxy) is 1. The van der Waals surface area contributed by atoms with E-state index in [2.05, 4.69) is 0 Å². The number of esters is 1. The van der Waals surface area contributed by atoms with E-state index in [1.807, 2.05) is 37.6 Å². The van der Waals surface area contributed by atoms with Crippen LogP contribution in [0, 0.1) is 0 Å². The molecule has 0 unspecified atom stereocenters. The van der Waals surface area contributed by atoms with Crippen molar-refractivity contribution in [2.45, 2.75) is 40.2 Å². The van der Waals surface area contributed by atoms with Crippen LogP contribution in [0.15, 0.2) is 18.3 Å². The van der Waals surface area contributed by atoms with Crippen molar-refractivity contribution in [3.8, 4) is 0 Å². The van der Waals surface area contributed by atoms with E-state index in [1.54, 1.807) is 17.9 Å². The first-order valence-corrected chi connectivity index (χ1v) is 7.12. The van der Waals surface area contributed by atoms with Crippen LogP contribution in [0.2, 0.25) is 0 Å². The lowest BCUT2D eigenvalue weighted by molar-refractivity contribution is -0.143. The molecule has 0 aliphatic carbocycles. The van der Waals surface area contributed by atoms with E-state index in [0.717, 1.165) is 6.42 Å². The molecule has 112 valence electrons. The second-order valence-electron chi connectivity index (χ2n) is 4.93. The van der Waals surface area contributed by atoms with Gasteiger partial charge in [-0.1, -0.05) is 6.92 Å². The van der Waals surface area contributed by atoms with Crippen LogP contribution in [0.5, 0.6) is 0 Å². The van der Waals surface area contributed by atoms with Crippen LogP contribution in [0.4, 0.5) is 0 Å². The molecular formula is C15H24N2O3. The monoisotopic (exact) mass is 280 g/mol. The summed E-state index contributed by atoms with van der Waals surface area (Å²) >= 11 is 0. The van der Waals surface area contributed by atoms with Gasteiger partial charge >= 0.3 is 5.97 Å². The zero-order valence-corrected chi connectivity index (χ0v) is 12.8. The van der Waals surface area contributed by atoms with Gasteiger partial charge in [0.2, 0.25) is 0 Å². The second kappa shape index (κ2) is 7.72. The predicted molar refractivity (Wildman–Crippen MR) is 77.6 cm³/mol. The van der Waals surface area contributed by atoms with Gasteiger partial charge in [-0.3, -0.25) is 9.59 Å². The minimum atomic E-state index is -0.364. The summed E-state index contributed by atoms with van der Waals surface area (Å²) in [7, 11) is 0. The van der Waals surface area contributed by atoms with Crippen LogP contribution in [0.25, 0.3) is 0 Å². The Labute approximate surface area is 120 Å². The maximum Gasteiger partial charge on any atom is 0.325 e. The molecule has 0 atom stereocenters. The van der Waals surface area contributed by atoms with Gasteiger partial charge in [0.25, 0.3) is 5.91 Å². The average Bonchev–Trinajstić information content (AvgIpc) is 2.87. The van der Waals surface area contributed by atoms with Crippen LogP contribution in [0.3, 0.4) is 0 Å². The molecule has 1 rings (SSSR count). The molecule has 0 saturated carbocycles. The average molecular weight is 280 g/mol. The van der Waals surface area contributed by atoms with Crippen LogP contribution in [-0.2, 0) is 9.53 Å². The molecule has 0 radical (unpaired) electrons. The lowest BCUT2D eigenvalue weighted by Gasteiger charge is -2.22. The molecule has 5 nitrogen and oxygen atoms in total. The maximum absolute atomic E-state index is 12.6. The molecule has 1 amide bonds. The molecule has 1 heterocycles. The Balaban J connectivity index is 2.87. The number of amides is 1. The van der Waals surface area contributed by atoms with Crippen molar-refractivity contribution in [3.05, 3.63) is 24.0 Å². The summed E-state index contributed by atoms with van der Waals surface area (Å²) in [6, 6.07) is 3.84. The molecule has 0 aliphatic heterocycles. The fraction of sp³-hybridized carbons (Fsp3) is 0.600. The highest BCUT2D eigenvalue weighted by molar-refractivity contribution is 5.94. The van der Waals surface area contributed by atoms with Gasteiger partial charge in [0, 0.05) is 18.8 Å². The highest BCUT2D eigenvalue weighted by atomic mass is 16.5. The lowest BCUT2D eigenvalue weighted by Crippen LogP contribution is -2.38. The third kappa shape index (κ3) is 4.11. The number of hydrogen-bond acceptors (Lipinski definition) is 3. The Morgan fingerprint density at radius 1 is 1.35 bits per heavy atom. The summed E-state index contributed by atoms with van der Waals surface area (Å²) in [5, 5.41) is 0. The standard InChI is InChI=1S/C15H24N2O3/c1-5-9-16(11-14(18)20-6-2)15(19)13-8-7-10-17(13)12(3)4/h7-8,10,12H,5-6,9,11H2,1-4H3. The molecular weight excluding hydrogens is 256 g/mol. The highest BCUT2D eigenvalue weighted by Crippen LogP contribution is 2.13. The topological polar surface area (TPSA) is 51.5 Å². The Hall–Kier alpha value is -1.78. The summed E-state index contributed by atoms with van der Waals surface area (Å²) < 4.78 is 6.84. The minimum Gasteiger partial charge on any atom is -0.465 e. The number of hydrogen-bond donors (Lipinski definition) is 0. The zero-order chi connectivity index (χ0) is 15.1. The minimum absolute atomic E-state index is 0.00376. The largest absolute Gasteiger partial charge is 0.465 e. The van der Waals surface area contributed by atoms with E-state index in [9.17, 15) is 9.59 Å². The zero-order valence-electron chi connectivity index (χ0n) is 12.8. The molecule has 1 aromatic rings. The summed E-state index contributed by atoms with van der Waals surface area (Å²) in [6.45, 7) is 8.65. The smallest absolute Gasteiger partial charge is 0.325 e. The van der Waals surface area contributed by atoms with Crippen molar-refractivity contribution >= 4 is 11.9 Å². The van der Waals surface area contributed by atoms with Gasteiger partial charge in [-0.15, -0.1) is 0 Å². The van der Waals surface area contributed by atoms with Crippen LogP contribution in [-0.4, -0.2) is 41.0 Å². The van der Waals surface area contributed by atoms with Crippen molar-refractivity contribution in [1.29, 1.82) is 0 Å². The van der Waals surface area contributed by atoms with E-state index < -0.39 is 0 Å². The molecule has 0 aromatic carbocycles. The van der Waals surface area contributed by atoms with Gasteiger partial charge in [0.1, 0.15) is 12.2 Å². The van der Waals surface area contributed by atoms with Crippen molar-refractivity contribution in [3.63, 3.8) is 0 Å². The molecule has 0 aliphatic rings. The van der Waals surface area contributed by atoms with Crippen molar-refractivity contribution in [1.82, 2.24) is 9.47 Å². The molecule has 0 N–H and O–H groups in total. The van der Waals surface area contributed by atoms with E-state index in [0.29, 0.717) is 18.8 Å². The fourth-order valence-corrected chi connectivity index (χ4v) is 2.07. The fourth-order valence-electron chi connectivity index (χ4n) is 2.07. The summed E-state index contributed by atoms with van der Waals surface area (Å²) in [5.41, 5.74) is 0.609. The van der Waals surface area contributed by atoms with Gasteiger partial charge in [-0.2, -0.15) is 0 Å². The number of carbonyl (C=O) groups excluding carboxylic acids is 2. The van der Waals surface area contributed by atoms with E-state index in [-0.39, 0.29) is 24.5 Å². The second-order valence-corrected chi connectivity index (χ2v) is 4.93. The van der Waals surface area contributed by atoms with E-state index in [4.69, 9.17) is 4.74 Å². The highest BCUT2D eigenvalue weighted by Gasteiger charge is 2.21. The molecule has 0 fully saturated rings. The Kier molecular flexibility index (Phi) is 6.28. The van der Waals surface area contributed by atoms with Gasteiger partial charge in [-0.25, -0.2) is 0 Å². The molecule has 20 heavy (non-hydrogen) atoms. The van der Waals surface area contributed by atoms with Crippen molar-refractivity contribution in [2.75, 3.05) is 19.7 Å². The van der Waals surface area contributed by atoms with Crippen LogP contribution < -0.4 is 0 Å². The Bertz CT molecular complexity index is 452. The third-order valence-corrected chi connectivity index (χ3v) is 2.96. The number of carbonyl (C=O) groups is 2. The summed E-state index contributed by atoms with van der Waals surface area (Å²) in [5.74, 6) is -0.490. The molecule has 1 aromatic heterocycles. The molecule has 0 spiro atoms. The quantitative estimate of drug-likeness (QED) is 0.721. The predicted octanol–water partition coefficient (Wildman–Crippen LogP) is 2.48. The normalized spacial score (nSPS) is 10.7. The number of aromatic nitrogens is 1. The molecule has 0 bridgehead atoms. The van der Waals surface area contributed by atoms with E-state index in [1.165, 1.54) is 0 Å². The number of nitrogens with zero attached hydrogens (tertiary/aromatic N) is 2. The first kappa shape index (κ1) is 16.3. The summed E-state index contributed by atoms with van der Waals surface area (Å²) in [6.07, 6.45) is 2.68. The SMILES string of the molecule is CCCN(CC(=O)OCC)C(=O)c1cccn1C(C)C. The number of rotatable bonds is 7. The molecule has 0 saturated heterocycles. The van der Waals surface area contributed by atoms with Gasteiger partial charge in [0.15, 0.2) is 0 Å². The van der Waals surface area contributed by atoms with Gasteiger partial charge < -0.3 is 14.2 Å². The lowest BCUT2D eigenvalue weighted by atomic mass is 10.3. The Morgan fingerprint density at radius 3 is 2.60 bits per heavy atom. The summed E-state index contributed by atoms with van der Waals surface area (Å²) in [4.78, 5) is 25.7. The maximum atomic E-state index is 12.6. The van der Waals surface area contributed by atoms with E-state index >= 15 is 0 Å². The third-order valence-electron chi connectivity index (χ3n) is 2.96. The van der Waals surface area contributed by atoms with Gasteiger partial charge in [-0.05, 0) is 39.3 Å². The van der Waals surface area contributed by atoms with Crippen molar-refractivity contribution in [2.24, 2.45) is 0 Å². The van der Waals surface area contributed by atoms with Crippen molar-refractivity contribution < 1.29 is 14.3 Å². The van der Waals surface area contributed by atoms with Crippen LogP contribution >= 0.6 is 0 Å².